The molecule has 0 unspecified atom stereocenters. The molecule has 2 aliphatic rings. The molecule has 8 heteroatoms. The van der Waals surface area contributed by atoms with Crippen molar-refractivity contribution in [1.82, 2.24) is 10.2 Å². The maximum atomic E-state index is 13.5. The summed E-state index contributed by atoms with van der Waals surface area (Å²) in [5.74, 6) is 0.0642. The summed E-state index contributed by atoms with van der Waals surface area (Å²) >= 11 is 0. The highest BCUT2D eigenvalue weighted by Crippen LogP contribution is 2.29. The fourth-order valence-electron chi connectivity index (χ4n) is 3.98. The zero-order chi connectivity index (χ0) is 19.7. The van der Waals surface area contributed by atoms with Crippen molar-refractivity contribution >= 4 is 34.0 Å². The normalized spacial score (nSPS) is 16.7. The fourth-order valence-corrected chi connectivity index (χ4v) is 5.54. The molecule has 0 aromatic heterocycles. The molecular formula is C21H26ClN3O3S. The number of para-hydroxylation sites is 1. The standard InChI is InChI=1S/C21H25N3O3S.ClH/c1-16(25)23-11-8-17-6-7-20(14-18(17)9-12-23)28(26,27)24-13-10-22-15-19-4-2-3-5-21(19)24;/h2-7,14,22H,8-13,15H2,1H3;1H. The minimum atomic E-state index is -3.66. The highest BCUT2D eigenvalue weighted by Gasteiger charge is 2.29. The van der Waals surface area contributed by atoms with Gasteiger partial charge in [0.15, 0.2) is 0 Å². The Balaban J connectivity index is 0.00000240. The van der Waals surface area contributed by atoms with Gasteiger partial charge in [0.05, 0.1) is 10.6 Å². The number of benzene rings is 2. The average molecular weight is 436 g/mol. The van der Waals surface area contributed by atoms with Gasteiger partial charge in [0.1, 0.15) is 0 Å². The van der Waals surface area contributed by atoms with Crippen LogP contribution in [0.1, 0.15) is 23.6 Å². The van der Waals surface area contributed by atoms with Gasteiger partial charge in [-0.05, 0) is 47.7 Å². The molecule has 1 N–H and O–H groups in total. The van der Waals surface area contributed by atoms with Crippen LogP contribution in [0.2, 0.25) is 0 Å². The van der Waals surface area contributed by atoms with E-state index in [9.17, 15) is 13.2 Å². The van der Waals surface area contributed by atoms with Gasteiger partial charge in [-0.15, -0.1) is 12.4 Å². The van der Waals surface area contributed by atoms with Gasteiger partial charge in [-0.1, -0.05) is 24.3 Å². The summed E-state index contributed by atoms with van der Waals surface area (Å²) in [5, 5.41) is 3.29. The SMILES string of the molecule is CC(=O)N1CCc2ccc(S(=O)(=O)N3CCNCc4ccccc43)cc2CC1.Cl. The summed E-state index contributed by atoms with van der Waals surface area (Å²) in [6.07, 6.45) is 1.43. The molecule has 0 radical (unpaired) electrons. The Morgan fingerprint density at radius 3 is 2.45 bits per heavy atom. The van der Waals surface area contributed by atoms with Crippen LogP contribution in [0.15, 0.2) is 47.4 Å². The van der Waals surface area contributed by atoms with Gasteiger partial charge in [-0.25, -0.2) is 8.42 Å². The van der Waals surface area contributed by atoms with Crippen LogP contribution in [0.25, 0.3) is 0 Å². The predicted octanol–water partition coefficient (Wildman–Crippen LogP) is 2.35. The first kappa shape index (κ1) is 21.6. The number of nitrogens with one attached hydrogen (secondary N) is 1. The van der Waals surface area contributed by atoms with Crippen molar-refractivity contribution in [3.05, 3.63) is 59.2 Å². The van der Waals surface area contributed by atoms with Crippen molar-refractivity contribution in [2.75, 3.05) is 30.5 Å². The van der Waals surface area contributed by atoms with E-state index in [0.29, 0.717) is 44.0 Å². The predicted molar refractivity (Wildman–Crippen MR) is 116 cm³/mol. The largest absolute Gasteiger partial charge is 0.342 e. The van der Waals surface area contributed by atoms with Crippen LogP contribution in [0.4, 0.5) is 5.69 Å². The fraction of sp³-hybridized carbons (Fsp3) is 0.381. The lowest BCUT2D eigenvalue weighted by Crippen LogP contribution is -2.34. The lowest BCUT2D eigenvalue weighted by atomic mass is 10.0. The molecule has 2 aromatic carbocycles. The van der Waals surface area contributed by atoms with E-state index in [-0.39, 0.29) is 18.3 Å². The highest BCUT2D eigenvalue weighted by molar-refractivity contribution is 7.92. The number of fused-ring (bicyclic) bond motifs is 2. The zero-order valence-corrected chi connectivity index (χ0v) is 18.1. The molecule has 2 heterocycles. The highest BCUT2D eigenvalue weighted by atomic mass is 35.5. The third-order valence-electron chi connectivity index (χ3n) is 5.58. The molecule has 156 valence electrons. The van der Waals surface area contributed by atoms with E-state index in [4.69, 9.17) is 0 Å². The van der Waals surface area contributed by atoms with E-state index in [1.165, 1.54) is 4.31 Å². The molecule has 6 nitrogen and oxygen atoms in total. The molecule has 0 aliphatic carbocycles. The Hall–Kier alpha value is -2.09. The number of hydrogen-bond acceptors (Lipinski definition) is 4. The Kier molecular flexibility index (Phi) is 6.51. The first-order valence-electron chi connectivity index (χ1n) is 9.65. The number of sulfonamides is 1. The Labute approximate surface area is 178 Å². The van der Waals surface area contributed by atoms with Crippen molar-refractivity contribution in [3.63, 3.8) is 0 Å². The summed E-state index contributed by atoms with van der Waals surface area (Å²) < 4.78 is 28.5. The van der Waals surface area contributed by atoms with Gasteiger partial charge < -0.3 is 10.2 Å². The van der Waals surface area contributed by atoms with Gasteiger partial charge in [-0.3, -0.25) is 9.10 Å². The third-order valence-corrected chi connectivity index (χ3v) is 7.39. The number of halogens is 1. The van der Waals surface area contributed by atoms with Gasteiger partial charge in [0.25, 0.3) is 10.0 Å². The van der Waals surface area contributed by atoms with Gasteiger partial charge in [0.2, 0.25) is 5.91 Å². The van der Waals surface area contributed by atoms with Gasteiger partial charge in [-0.2, -0.15) is 0 Å². The minimum absolute atomic E-state index is 0. The van der Waals surface area contributed by atoms with Crippen LogP contribution in [0.3, 0.4) is 0 Å². The third kappa shape index (κ3) is 4.27. The van der Waals surface area contributed by atoms with E-state index < -0.39 is 10.0 Å². The van der Waals surface area contributed by atoms with E-state index in [1.54, 1.807) is 19.1 Å². The van der Waals surface area contributed by atoms with Gasteiger partial charge >= 0.3 is 0 Å². The second-order valence-electron chi connectivity index (χ2n) is 7.32. The first-order chi connectivity index (χ1) is 13.5. The molecule has 2 aliphatic heterocycles. The van der Waals surface area contributed by atoms with E-state index >= 15 is 0 Å². The molecule has 4 rings (SSSR count). The number of amides is 1. The number of carbonyl (C=O) groups excluding carboxylic acids is 1. The van der Waals surface area contributed by atoms with Crippen molar-refractivity contribution in [3.8, 4) is 0 Å². The second-order valence-corrected chi connectivity index (χ2v) is 9.18. The number of nitrogens with zero attached hydrogens (tertiary/aromatic N) is 2. The van der Waals surface area contributed by atoms with Crippen LogP contribution >= 0.6 is 12.4 Å². The van der Waals surface area contributed by atoms with Crippen molar-refractivity contribution < 1.29 is 13.2 Å². The molecule has 0 fully saturated rings. The molecule has 0 saturated heterocycles. The van der Waals surface area contributed by atoms with Crippen LogP contribution in [-0.2, 0) is 34.2 Å². The smallest absolute Gasteiger partial charge is 0.264 e. The molecule has 1 amide bonds. The lowest BCUT2D eigenvalue weighted by molar-refractivity contribution is -0.128. The Morgan fingerprint density at radius 2 is 1.69 bits per heavy atom. The quantitative estimate of drug-likeness (QED) is 0.786. The molecule has 29 heavy (non-hydrogen) atoms. The van der Waals surface area contributed by atoms with Crippen molar-refractivity contribution in [2.45, 2.75) is 31.2 Å². The van der Waals surface area contributed by atoms with Crippen molar-refractivity contribution in [1.29, 1.82) is 0 Å². The molecule has 0 saturated carbocycles. The Morgan fingerprint density at radius 1 is 0.966 bits per heavy atom. The molecule has 0 bridgehead atoms. The van der Waals surface area contributed by atoms with Crippen LogP contribution < -0.4 is 9.62 Å². The van der Waals surface area contributed by atoms with E-state index in [1.807, 2.05) is 35.2 Å². The average Bonchev–Trinajstić information content (AvgIpc) is 3.04. The van der Waals surface area contributed by atoms with Crippen molar-refractivity contribution in [2.24, 2.45) is 0 Å². The summed E-state index contributed by atoms with van der Waals surface area (Å²) in [7, 11) is -3.66. The van der Waals surface area contributed by atoms with Crippen LogP contribution in [0, 0.1) is 0 Å². The lowest BCUT2D eigenvalue weighted by Gasteiger charge is -2.24. The number of carbonyl (C=O) groups is 1. The van der Waals surface area contributed by atoms with Crippen LogP contribution in [-0.4, -0.2) is 45.4 Å². The summed E-state index contributed by atoms with van der Waals surface area (Å²) in [5.41, 5.74) is 3.87. The minimum Gasteiger partial charge on any atom is -0.342 e. The first-order valence-corrected chi connectivity index (χ1v) is 11.1. The number of hydrogen-bond donors (Lipinski definition) is 1. The second kappa shape index (κ2) is 8.73. The summed E-state index contributed by atoms with van der Waals surface area (Å²) in [4.78, 5) is 13.8. The summed E-state index contributed by atoms with van der Waals surface area (Å²) in [6, 6.07) is 13.1. The maximum absolute atomic E-state index is 13.5. The molecular weight excluding hydrogens is 410 g/mol. The topological polar surface area (TPSA) is 69.7 Å². The van der Waals surface area contributed by atoms with E-state index in [0.717, 1.165) is 28.8 Å². The molecule has 0 atom stereocenters. The van der Waals surface area contributed by atoms with E-state index in [2.05, 4.69) is 5.32 Å². The zero-order valence-electron chi connectivity index (χ0n) is 16.4. The van der Waals surface area contributed by atoms with Gasteiger partial charge in [0, 0.05) is 39.6 Å². The number of rotatable bonds is 2. The molecule has 2 aromatic rings. The van der Waals surface area contributed by atoms with Crippen LogP contribution in [0.5, 0.6) is 0 Å². The summed E-state index contributed by atoms with van der Waals surface area (Å²) in [6.45, 7) is 4.55. The maximum Gasteiger partial charge on any atom is 0.264 e. The Bertz CT molecular complexity index is 1010. The molecule has 0 spiro atoms. The number of anilines is 1. The monoisotopic (exact) mass is 435 g/mol.